The van der Waals surface area contributed by atoms with E-state index in [0.717, 1.165) is 35.6 Å². The van der Waals surface area contributed by atoms with Crippen molar-refractivity contribution < 1.29 is 41.9 Å². The number of primary sulfonamides is 1. The molecule has 0 fully saturated rings. The lowest BCUT2D eigenvalue weighted by Crippen LogP contribution is -2.68. The van der Waals surface area contributed by atoms with Gasteiger partial charge in [0.2, 0.25) is 0 Å². The maximum absolute atomic E-state index is 11.6. The first-order chi connectivity index (χ1) is 14.4. The minimum atomic E-state index is -4.94. The molecule has 2 N–H and O–H groups in total. The molecule has 13 heteroatoms. The normalized spacial score (nSPS) is 16.0. The van der Waals surface area contributed by atoms with Gasteiger partial charge in [0, 0.05) is 0 Å². The minimum absolute atomic E-state index is 0.139. The SMILES string of the molecule is Cc1c2cc(c(C)[n+]1-c1nnc(S(N)(=O)=O)s1)CCCCCCCCC2.[O-][Cl+3]([O-])([O-])[O-]. The van der Waals surface area contributed by atoms with Gasteiger partial charge in [-0.1, -0.05) is 32.1 Å². The lowest BCUT2D eigenvalue weighted by molar-refractivity contribution is -2.00. The van der Waals surface area contributed by atoms with Crippen LogP contribution in [0.25, 0.3) is 5.13 Å². The number of halogens is 1. The summed E-state index contributed by atoms with van der Waals surface area (Å²) in [7, 11) is -8.77. The molecule has 0 saturated heterocycles. The number of aryl methyl sites for hydroxylation is 2. The van der Waals surface area contributed by atoms with Gasteiger partial charge in [-0.3, -0.25) is 0 Å². The van der Waals surface area contributed by atoms with Gasteiger partial charge in [-0.15, -0.1) is 10.2 Å². The van der Waals surface area contributed by atoms with Gasteiger partial charge in [0.05, 0.1) is 5.10 Å². The zero-order chi connectivity index (χ0) is 23.2. The summed E-state index contributed by atoms with van der Waals surface area (Å²) >= 11 is 1.03. The van der Waals surface area contributed by atoms with Crippen molar-refractivity contribution in [1.82, 2.24) is 10.2 Å². The van der Waals surface area contributed by atoms with Crippen LogP contribution in [0, 0.1) is 24.1 Å². The van der Waals surface area contributed by atoms with Crippen molar-refractivity contribution in [2.24, 2.45) is 5.14 Å². The van der Waals surface area contributed by atoms with E-state index in [1.165, 1.54) is 56.1 Å². The highest BCUT2D eigenvalue weighted by Crippen LogP contribution is 2.22. The molecule has 3 rings (SSSR count). The molecular weight excluding hydrogens is 468 g/mol. The van der Waals surface area contributed by atoms with Crippen LogP contribution in [0.3, 0.4) is 0 Å². The van der Waals surface area contributed by atoms with E-state index in [1.54, 1.807) is 0 Å². The highest BCUT2D eigenvalue weighted by Gasteiger charge is 2.27. The first-order valence-corrected chi connectivity index (χ1v) is 13.5. The number of rotatable bonds is 2. The largest absolute Gasteiger partial charge is 0.416 e. The van der Waals surface area contributed by atoms with Crippen LogP contribution in [0.5, 0.6) is 0 Å². The highest BCUT2D eigenvalue weighted by molar-refractivity contribution is 7.91. The number of aromatic nitrogens is 3. The van der Waals surface area contributed by atoms with Gasteiger partial charge in [0.15, 0.2) is 0 Å². The molecule has 174 valence electrons. The van der Waals surface area contributed by atoms with Gasteiger partial charge < -0.3 is 0 Å². The minimum Gasteiger partial charge on any atom is -0.222 e. The third-order valence-electron chi connectivity index (χ3n) is 5.17. The van der Waals surface area contributed by atoms with E-state index in [1.807, 2.05) is 0 Å². The fraction of sp³-hybridized carbons (Fsp3) is 0.611. The van der Waals surface area contributed by atoms with Crippen LogP contribution in [0.4, 0.5) is 0 Å². The summed E-state index contributed by atoms with van der Waals surface area (Å²) in [6.07, 6.45) is 10.9. The Balaban J connectivity index is 0.000000614. The van der Waals surface area contributed by atoms with Crippen molar-refractivity contribution in [3.05, 3.63) is 28.6 Å². The van der Waals surface area contributed by atoms with Crippen LogP contribution in [0.2, 0.25) is 0 Å². The van der Waals surface area contributed by atoms with E-state index in [-0.39, 0.29) is 4.34 Å². The van der Waals surface area contributed by atoms with Crippen molar-refractivity contribution in [2.45, 2.75) is 76.0 Å². The molecule has 0 aromatic carbocycles. The van der Waals surface area contributed by atoms with E-state index < -0.39 is 20.3 Å². The van der Waals surface area contributed by atoms with Crippen LogP contribution < -0.4 is 28.3 Å². The summed E-state index contributed by atoms with van der Waals surface area (Å²) < 4.78 is 59.1. The third-order valence-corrected chi connectivity index (χ3v) is 7.39. The molecule has 0 amide bonds. The molecule has 2 bridgehead atoms. The lowest BCUT2D eigenvalue weighted by atomic mass is 9.96. The molecule has 1 aliphatic rings. The maximum Gasteiger partial charge on any atom is 0.416 e. The second kappa shape index (κ2) is 11.1. The summed E-state index contributed by atoms with van der Waals surface area (Å²) in [5, 5.41) is 13.7. The number of nitrogens with zero attached hydrogens (tertiary/aromatic N) is 3. The molecule has 0 unspecified atom stereocenters. The highest BCUT2D eigenvalue weighted by atomic mass is 35.7. The fourth-order valence-corrected chi connectivity index (χ4v) is 5.20. The van der Waals surface area contributed by atoms with Crippen molar-refractivity contribution >= 4 is 21.4 Å². The molecule has 31 heavy (non-hydrogen) atoms. The molecule has 0 atom stereocenters. The smallest absolute Gasteiger partial charge is 0.222 e. The van der Waals surface area contributed by atoms with Gasteiger partial charge >= 0.3 is 5.13 Å². The summed E-state index contributed by atoms with van der Waals surface area (Å²) in [6, 6.07) is 2.34. The quantitative estimate of drug-likeness (QED) is 0.472. The van der Waals surface area contributed by atoms with E-state index >= 15 is 0 Å². The van der Waals surface area contributed by atoms with Crippen LogP contribution in [-0.2, 0) is 22.9 Å². The molecule has 2 aromatic rings. The van der Waals surface area contributed by atoms with Gasteiger partial charge in [0.25, 0.3) is 14.4 Å². The molecule has 0 aliphatic heterocycles. The van der Waals surface area contributed by atoms with Gasteiger partial charge in [-0.2, -0.15) is 4.57 Å². The number of hydrogen-bond acceptors (Lipinski definition) is 9. The first kappa shape index (κ1) is 26.0. The Morgan fingerprint density at radius 2 is 1.32 bits per heavy atom. The fourth-order valence-electron chi connectivity index (χ4n) is 3.67. The second-order valence-electron chi connectivity index (χ2n) is 7.45. The van der Waals surface area contributed by atoms with Crippen LogP contribution in [0.15, 0.2) is 10.4 Å². The monoisotopic (exact) mass is 494 g/mol. The van der Waals surface area contributed by atoms with Crippen LogP contribution >= 0.6 is 11.3 Å². The molecule has 2 aromatic heterocycles. The first-order valence-electron chi connectivity index (χ1n) is 9.90. The van der Waals surface area contributed by atoms with Crippen molar-refractivity contribution in [3.8, 4) is 5.13 Å². The predicted octanol–water partition coefficient (Wildman–Crippen LogP) is -1.85. The Bertz CT molecular complexity index is 951. The number of nitrogens with two attached hydrogens (primary N) is 1. The summed E-state index contributed by atoms with van der Waals surface area (Å²) in [5.74, 6) is 0. The molecule has 10 nitrogen and oxygen atoms in total. The number of fused-ring (bicyclic) bond motifs is 2. The van der Waals surface area contributed by atoms with Crippen LogP contribution in [-0.4, -0.2) is 18.6 Å². The van der Waals surface area contributed by atoms with Gasteiger partial charge in [-0.25, -0.2) is 32.2 Å². The van der Waals surface area contributed by atoms with Crippen LogP contribution in [0.1, 0.15) is 67.5 Å². The van der Waals surface area contributed by atoms with Crippen molar-refractivity contribution in [2.75, 3.05) is 0 Å². The molecule has 2 heterocycles. The second-order valence-corrected chi connectivity index (χ2v) is 10.9. The Morgan fingerprint density at radius 3 is 1.71 bits per heavy atom. The Kier molecular flexibility index (Phi) is 9.27. The Hall–Kier alpha value is -1.25. The summed E-state index contributed by atoms with van der Waals surface area (Å²) in [6.45, 7) is 4.16. The summed E-state index contributed by atoms with van der Waals surface area (Å²) in [4.78, 5) is 0. The average Bonchev–Trinajstić information content (AvgIpc) is 3.10. The lowest BCUT2D eigenvalue weighted by Gasteiger charge is -2.17. The van der Waals surface area contributed by atoms with E-state index in [0.29, 0.717) is 5.13 Å². The number of pyridine rings is 1. The summed E-state index contributed by atoms with van der Waals surface area (Å²) in [5.41, 5.74) is 4.86. The van der Waals surface area contributed by atoms with Crippen molar-refractivity contribution in [1.29, 1.82) is 0 Å². The molecule has 1 aliphatic carbocycles. The maximum atomic E-state index is 11.6. The molecular formula is C18H27ClN4O6S2. The van der Waals surface area contributed by atoms with Gasteiger partial charge in [0.1, 0.15) is 11.4 Å². The molecule has 0 spiro atoms. The standard InChI is InChI=1S/C18H27N4O2S2.ClHO4/c1-13-15-10-8-6-4-3-5-7-9-11-16(12-15)14(2)22(13)17-20-21-18(25-17)26(19,23)24;2-1(3,4)5/h12H,3-11H2,1-2H3,(H2,19,23,24);(H,2,3,4,5)/q+1;/p-1. The van der Waals surface area contributed by atoms with E-state index in [4.69, 9.17) is 23.8 Å². The van der Waals surface area contributed by atoms with Crippen molar-refractivity contribution in [3.63, 3.8) is 0 Å². The average molecular weight is 495 g/mol. The Labute approximate surface area is 188 Å². The predicted molar refractivity (Wildman–Crippen MR) is 102 cm³/mol. The Morgan fingerprint density at radius 1 is 0.903 bits per heavy atom. The zero-order valence-electron chi connectivity index (χ0n) is 17.5. The van der Waals surface area contributed by atoms with E-state index in [9.17, 15) is 8.42 Å². The third kappa shape index (κ3) is 8.31. The topological polar surface area (TPSA) is 182 Å². The zero-order valence-corrected chi connectivity index (χ0v) is 19.9. The number of sulfonamides is 1. The molecule has 0 saturated carbocycles. The van der Waals surface area contributed by atoms with E-state index in [2.05, 4.69) is 34.7 Å². The van der Waals surface area contributed by atoms with Gasteiger partial charge in [-0.05, 0) is 73.2 Å². The molecule has 0 radical (unpaired) electrons. The number of hydrogen-bond donors (Lipinski definition) is 1.